The zero-order chi connectivity index (χ0) is 15.4. The van der Waals surface area contributed by atoms with Crippen LogP contribution in [0.5, 0.6) is 0 Å². The van der Waals surface area contributed by atoms with Crippen molar-refractivity contribution in [1.29, 1.82) is 0 Å². The number of nitrogens with zero attached hydrogens (tertiary/aromatic N) is 1. The van der Waals surface area contributed by atoms with Crippen LogP contribution >= 0.6 is 11.6 Å². The minimum atomic E-state index is -0.945. The minimum absolute atomic E-state index is 0.626. The molecule has 1 aliphatic heterocycles. The van der Waals surface area contributed by atoms with Crippen LogP contribution < -0.4 is 4.90 Å². The second-order valence-corrected chi connectivity index (χ2v) is 6.38. The summed E-state index contributed by atoms with van der Waals surface area (Å²) in [5.74, 6) is 0.565. The van der Waals surface area contributed by atoms with Crippen molar-refractivity contribution in [3.8, 4) is 0 Å². The Morgan fingerprint density at radius 2 is 2.05 bits per heavy atom. The van der Waals surface area contributed by atoms with Gasteiger partial charge in [0.1, 0.15) is 0 Å². The lowest BCUT2D eigenvalue weighted by Crippen LogP contribution is -2.35. The monoisotopic (exact) mass is 307 g/mol. The first kappa shape index (κ1) is 15.9. The molecule has 4 heteroatoms. The van der Waals surface area contributed by atoms with E-state index in [2.05, 4.69) is 18.7 Å². The molecule has 0 atom stereocenters. The maximum absolute atomic E-state index is 10.7. The zero-order valence-electron chi connectivity index (χ0n) is 12.6. The molecule has 0 spiro atoms. The molecule has 0 unspecified atom stereocenters. The number of carboxylic acid groups (broad SMARTS) is 1. The highest BCUT2D eigenvalue weighted by Crippen LogP contribution is 2.31. The van der Waals surface area contributed by atoms with Crippen LogP contribution in [0.15, 0.2) is 24.3 Å². The highest BCUT2D eigenvalue weighted by Gasteiger charge is 2.22. The van der Waals surface area contributed by atoms with Gasteiger partial charge in [0.25, 0.3) is 0 Å². The molecule has 0 aromatic heterocycles. The average Bonchev–Trinajstić information content (AvgIpc) is 2.45. The van der Waals surface area contributed by atoms with E-state index in [1.54, 1.807) is 6.08 Å². The number of anilines is 1. The van der Waals surface area contributed by atoms with Gasteiger partial charge >= 0.3 is 5.97 Å². The lowest BCUT2D eigenvalue weighted by Gasteiger charge is -2.36. The smallest absolute Gasteiger partial charge is 0.328 e. The van der Waals surface area contributed by atoms with Crippen LogP contribution in [-0.4, -0.2) is 24.2 Å². The third kappa shape index (κ3) is 4.24. The molecular formula is C17H22ClNO2. The number of halogens is 1. The number of carboxylic acids is 1. The molecule has 114 valence electrons. The largest absolute Gasteiger partial charge is 0.478 e. The van der Waals surface area contributed by atoms with E-state index < -0.39 is 5.97 Å². The van der Waals surface area contributed by atoms with Crippen LogP contribution in [0.4, 0.5) is 5.69 Å². The predicted octanol–water partition coefficient (Wildman–Crippen LogP) is 4.31. The van der Waals surface area contributed by atoms with E-state index in [0.717, 1.165) is 42.3 Å². The Balaban J connectivity index is 2.18. The maximum atomic E-state index is 10.7. The van der Waals surface area contributed by atoms with Gasteiger partial charge in [0, 0.05) is 29.9 Å². The van der Waals surface area contributed by atoms with Crippen LogP contribution in [0.2, 0.25) is 5.02 Å². The minimum Gasteiger partial charge on any atom is -0.478 e. The lowest BCUT2D eigenvalue weighted by molar-refractivity contribution is -0.131. The van der Waals surface area contributed by atoms with Crippen LogP contribution in [0.25, 0.3) is 6.08 Å². The average molecular weight is 308 g/mol. The summed E-state index contributed by atoms with van der Waals surface area (Å²) in [4.78, 5) is 13.1. The van der Waals surface area contributed by atoms with Crippen LogP contribution in [0.3, 0.4) is 0 Å². The van der Waals surface area contributed by atoms with E-state index in [9.17, 15) is 4.79 Å². The standard InChI is InChI=1S/C17H22ClNO2/c1-12(2)13-7-9-19(10-8-13)16-5-4-15(18)11-14(16)3-6-17(20)21/h3-6,11-13H,7-10H2,1-2H3,(H,20,21)/b6-3+. The van der Waals surface area contributed by atoms with Crippen molar-refractivity contribution in [3.63, 3.8) is 0 Å². The highest BCUT2D eigenvalue weighted by molar-refractivity contribution is 6.30. The van der Waals surface area contributed by atoms with Gasteiger partial charge in [-0.3, -0.25) is 0 Å². The van der Waals surface area contributed by atoms with E-state index in [-0.39, 0.29) is 0 Å². The van der Waals surface area contributed by atoms with Gasteiger partial charge in [-0.05, 0) is 54.5 Å². The molecule has 1 aromatic carbocycles. The third-order valence-electron chi connectivity index (χ3n) is 4.22. The van der Waals surface area contributed by atoms with Gasteiger partial charge in [-0.2, -0.15) is 0 Å². The number of piperidine rings is 1. The molecule has 2 rings (SSSR count). The van der Waals surface area contributed by atoms with Crippen molar-refractivity contribution in [1.82, 2.24) is 0 Å². The summed E-state index contributed by atoms with van der Waals surface area (Å²) in [5.41, 5.74) is 1.94. The molecule has 21 heavy (non-hydrogen) atoms. The van der Waals surface area contributed by atoms with Crippen molar-refractivity contribution >= 4 is 29.3 Å². The van der Waals surface area contributed by atoms with Gasteiger partial charge in [0.15, 0.2) is 0 Å². The van der Waals surface area contributed by atoms with Crippen LogP contribution in [0, 0.1) is 11.8 Å². The van der Waals surface area contributed by atoms with E-state index in [1.165, 1.54) is 12.8 Å². The summed E-state index contributed by atoms with van der Waals surface area (Å²) in [6, 6.07) is 5.67. The van der Waals surface area contributed by atoms with Gasteiger partial charge in [-0.1, -0.05) is 25.4 Å². The Hall–Kier alpha value is -1.48. The van der Waals surface area contributed by atoms with Gasteiger partial charge in [-0.15, -0.1) is 0 Å². The first-order chi connectivity index (χ1) is 9.97. The first-order valence-electron chi connectivity index (χ1n) is 7.43. The molecule has 1 N–H and O–H groups in total. The number of rotatable bonds is 4. The third-order valence-corrected chi connectivity index (χ3v) is 4.45. The number of carbonyl (C=O) groups is 1. The second-order valence-electron chi connectivity index (χ2n) is 5.94. The predicted molar refractivity (Wildman–Crippen MR) is 87.9 cm³/mol. The molecule has 1 heterocycles. The summed E-state index contributed by atoms with van der Waals surface area (Å²) in [5, 5.41) is 9.43. The van der Waals surface area contributed by atoms with Gasteiger partial charge < -0.3 is 10.0 Å². The van der Waals surface area contributed by atoms with Crippen molar-refractivity contribution < 1.29 is 9.90 Å². The summed E-state index contributed by atoms with van der Waals surface area (Å²) in [7, 11) is 0. The van der Waals surface area contributed by atoms with Crippen LogP contribution in [0.1, 0.15) is 32.3 Å². The Labute approximate surface area is 131 Å². The molecule has 1 aliphatic rings. The quantitative estimate of drug-likeness (QED) is 0.843. The Morgan fingerprint density at radius 3 is 2.62 bits per heavy atom. The Kier molecular flexibility index (Phi) is 5.29. The Bertz CT molecular complexity index is 532. The number of hydrogen-bond donors (Lipinski definition) is 1. The maximum Gasteiger partial charge on any atom is 0.328 e. The zero-order valence-corrected chi connectivity index (χ0v) is 13.3. The fourth-order valence-corrected chi connectivity index (χ4v) is 3.10. The van der Waals surface area contributed by atoms with Crippen molar-refractivity contribution in [2.24, 2.45) is 11.8 Å². The van der Waals surface area contributed by atoms with Gasteiger partial charge in [-0.25, -0.2) is 4.79 Å². The first-order valence-corrected chi connectivity index (χ1v) is 7.80. The topological polar surface area (TPSA) is 40.5 Å². The van der Waals surface area contributed by atoms with E-state index in [4.69, 9.17) is 16.7 Å². The van der Waals surface area contributed by atoms with Crippen molar-refractivity contribution in [3.05, 3.63) is 34.9 Å². The summed E-state index contributed by atoms with van der Waals surface area (Å²) >= 11 is 6.04. The number of hydrogen-bond acceptors (Lipinski definition) is 2. The number of benzene rings is 1. The Morgan fingerprint density at radius 1 is 1.38 bits per heavy atom. The SMILES string of the molecule is CC(C)C1CCN(c2ccc(Cl)cc2/C=C/C(=O)O)CC1. The fourth-order valence-electron chi connectivity index (χ4n) is 2.91. The molecule has 0 aliphatic carbocycles. The highest BCUT2D eigenvalue weighted by atomic mass is 35.5. The molecular weight excluding hydrogens is 286 g/mol. The molecule has 0 amide bonds. The second kappa shape index (κ2) is 6.99. The van der Waals surface area contributed by atoms with Gasteiger partial charge in [0.2, 0.25) is 0 Å². The molecule has 0 radical (unpaired) electrons. The van der Waals surface area contributed by atoms with E-state index in [0.29, 0.717) is 5.02 Å². The van der Waals surface area contributed by atoms with Crippen molar-refractivity contribution in [2.45, 2.75) is 26.7 Å². The normalized spacial score (nSPS) is 16.9. The molecule has 0 saturated carbocycles. The van der Waals surface area contributed by atoms with E-state index in [1.807, 2.05) is 18.2 Å². The van der Waals surface area contributed by atoms with E-state index >= 15 is 0 Å². The molecule has 1 aromatic rings. The molecule has 0 bridgehead atoms. The van der Waals surface area contributed by atoms with Crippen LogP contribution in [-0.2, 0) is 4.79 Å². The summed E-state index contributed by atoms with van der Waals surface area (Å²) in [6.45, 7) is 6.59. The lowest BCUT2D eigenvalue weighted by atomic mass is 9.86. The van der Waals surface area contributed by atoms with Gasteiger partial charge in [0.05, 0.1) is 0 Å². The molecule has 1 fully saturated rings. The fraction of sp³-hybridized carbons (Fsp3) is 0.471. The molecule has 1 saturated heterocycles. The summed E-state index contributed by atoms with van der Waals surface area (Å²) in [6.07, 6.45) is 5.15. The summed E-state index contributed by atoms with van der Waals surface area (Å²) < 4.78 is 0. The number of aliphatic carboxylic acids is 1. The molecule has 3 nitrogen and oxygen atoms in total. The van der Waals surface area contributed by atoms with Crippen molar-refractivity contribution in [2.75, 3.05) is 18.0 Å².